The Hall–Kier alpha value is -2.23. The van der Waals surface area contributed by atoms with Gasteiger partial charge in [0.15, 0.2) is 0 Å². The number of benzene rings is 1. The lowest BCUT2D eigenvalue weighted by Gasteiger charge is -2.20. The average molecular weight is 255 g/mol. The number of aromatic nitrogens is 2. The fourth-order valence-electron chi connectivity index (χ4n) is 2.02. The summed E-state index contributed by atoms with van der Waals surface area (Å²) in [6.07, 6.45) is 0. The molecule has 2 aromatic rings. The number of aryl methyl sites for hydroxylation is 2. The lowest BCUT2D eigenvalue weighted by Crippen LogP contribution is -2.31. The lowest BCUT2D eigenvalue weighted by atomic mass is 10.2. The quantitative estimate of drug-likeness (QED) is 0.847. The molecule has 0 fully saturated rings. The first-order chi connectivity index (χ1) is 9.11. The Morgan fingerprint density at radius 1 is 1.16 bits per heavy atom. The van der Waals surface area contributed by atoms with E-state index >= 15 is 0 Å². The Morgan fingerprint density at radius 3 is 2.42 bits per heavy atom. The van der Waals surface area contributed by atoms with Gasteiger partial charge in [-0.25, -0.2) is 9.97 Å². The summed E-state index contributed by atoms with van der Waals surface area (Å²) in [5.74, 6) is 0.523. The minimum atomic E-state index is -0.0951. The fourth-order valence-corrected chi connectivity index (χ4v) is 2.02. The number of amides is 1. The van der Waals surface area contributed by atoms with Crippen molar-refractivity contribution in [2.45, 2.75) is 20.8 Å². The van der Waals surface area contributed by atoms with Crippen molar-refractivity contribution in [3.63, 3.8) is 0 Å². The molecule has 19 heavy (non-hydrogen) atoms. The number of hydrogen-bond donors (Lipinski definition) is 0. The van der Waals surface area contributed by atoms with Crippen molar-refractivity contribution in [3.8, 4) is 0 Å². The van der Waals surface area contributed by atoms with Gasteiger partial charge in [-0.05, 0) is 39.0 Å². The van der Waals surface area contributed by atoms with Crippen LogP contribution in [-0.4, -0.2) is 22.4 Å². The smallest absolute Gasteiger partial charge is 0.276 e. The summed E-state index contributed by atoms with van der Waals surface area (Å²) < 4.78 is 0. The minimum Gasteiger partial charge on any atom is -0.307 e. The molecule has 98 valence electrons. The maximum atomic E-state index is 12.5. The monoisotopic (exact) mass is 255 g/mol. The molecule has 1 aromatic heterocycles. The zero-order valence-corrected chi connectivity index (χ0v) is 11.4. The normalized spacial score (nSPS) is 10.3. The molecule has 2 rings (SSSR count). The van der Waals surface area contributed by atoms with E-state index in [2.05, 4.69) is 9.97 Å². The zero-order chi connectivity index (χ0) is 13.8. The highest BCUT2D eigenvalue weighted by Gasteiger charge is 2.17. The molecule has 0 radical (unpaired) electrons. The Kier molecular flexibility index (Phi) is 3.90. The molecule has 0 aliphatic heterocycles. The Labute approximate surface area is 113 Å². The molecule has 0 unspecified atom stereocenters. The first-order valence-corrected chi connectivity index (χ1v) is 6.31. The van der Waals surface area contributed by atoms with E-state index in [9.17, 15) is 4.79 Å². The van der Waals surface area contributed by atoms with Crippen LogP contribution in [0.15, 0.2) is 36.4 Å². The van der Waals surface area contributed by atoms with Crippen LogP contribution < -0.4 is 4.90 Å². The maximum Gasteiger partial charge on any atom is 0.276 e. The molecule has 4 heteroatoms. The van der Waals surface area contributed by atoms with Crippen molar-refractivity contribution >= 4 is 11.6 Å². The van der Waals surface area contributed by atoms with Crippen LogP contribution in [0, 0.1) is 13.8 Å². The summed E-state index contributed by atoms with van der Waals surface area (Å²) in [5.41, 5.74) is 2.12. The fraction of sp³-hybridized carbons (Fsp3) is 0.267. The van der Waals surface area contributed by atoms with Crippen molar-refractivity contribution in [1.29, 1.82) is 0 Å². The van der Waals surface area contributed by atoms with Crippen LogP contribution in [0.25, 0.3) is 0 Å². The van der Waals surface area contributed by atoms with Crippen molar-refractivity contribution in [3.05, 3.63) is 53.6 Å². The van der Waals surface area contributed by atoms with E-state index in [0.717, 1.165) is 11.4 Å². The third-order valence-electron chi connectivity index (χ3n) is 2.81. The van der Waals surface area contributed by atoms with Crippen LogP contribution in [0.4, 0.5) is 5.69 Å². The van der Waals surface area contributed by atoms with Crippen LogP contribution in [0.5, 0.6) is 0 Å². The van der Waals surface area contributed by atoms with Gasteiger partial charge in [0.05, 0.1) is 0 Å². The number of rotatable bonds is 3. The van der Waals surface area contributed by atoms with E-state index in [4.69, 9.17) is 0 Å². The summed E-state index contributed by atoms with van der Waals surface area (Å²) in [4.78, 5) is 22.6. The Balaban J connectivity index is 2.36. The highest BCUT2D eigenvalue weighted by molar-refractivity contribution is 6.04. The zero-order valence-electron chi connectivity index (χ0n) is 11.4. The van der Waals surface area contributed by atoms with Crippen molar-refractivity contribution in [2.75, 3.05) is 11.4 Å². The predicted octanol–water partition coefficient (Wildman–Crippen LogP) is 2.76. The van der Waals surface area contributed by atoms with E-state index in [0.29, 0.717) is 18.1 Å². The van der Waals surface area contributed by atoms with Crippen molar-refractivity contribution in [2.24, 2.45) is 0 Å². The number of carbonyl (C=O) groups excluding carboxylic acids is 1. The molecule has 0 aliphatic carbocycles. The number of hydrogen-bond acceptors (Lipinski definition) is 3. The number of anilines is 1. The molecule has 4 nitrogen and oxygen atoms in total. The third-order valence-corrected chi connectivity index (χ3v) is 2.81. The van der Waals surface area contributed by atoms with Gasteiger partial charge in [-0.3, -0.25) is 4.79 Å². The van der Waals surface area contributed by atoms with Crippen LogP contribution in [0.1, 0.15) is 28.9 Å². The minimum absolute atomic E-state index is 0.0951. The van der Waals surface area contributed by atoms with Gasteiger partial charge in [0.1, 0.15) is 11.5 Å². The van der Waals surface area contributed by atoms with E-state index < -0.39 is 0 Å². The topological polar surface area (TPSA) is 46.1 Å². The van der Waals surface area contributed by atoms with Gasteiger partial charge in [0.25, 0.3) is 5.91 Å². The number of para-hydroxylation sites is 1. The molecular formula is C15H17N3O. The first-order valence-electron chi connectivity index (χ1n) is 6.31. The molecule has 0 saturated heterocycles. The summed E-state index contributed by atoms with van der Waals surface area (Å²) in [6.45, 7) is 6.21. The summed E-state index contributed by atoms with van der Waals surface area (Å²) >= 11 is 0. The molecule has 0 atom stereocenters. The maximum absolute atomic E-state index is 12.5. The summed E-state index contributed by atoms with van der Waals surface area (Å²) in [7, 11) is 0. The summed E-state index contributed by atoms with van der Waals surface area (Å²) in [6, 6.07) is 11.3. The molecule has 1 aromatic carbocycles. The second-order valence-electron chi connectivity index (χ2n) is 4.33. The van der Waals surface area contributed by atoms with Gasteiger partial charge in [0, 0.05) is 17.9 Å². The molecule has 0 spiro atoms. The predicted molar refractivity (Wildman–Crippen MR) is 75.3 cm³/mol. The lowest BCUT2D eigenvalue weighted by molar-refractivity contribution is 0.0983. The Morgan fingerprint density at radius 2 is 1.84 bits per heavy atom. The van der Waals surface area contributed by atoms with E-state index in [1.807, 2.05) is 44.2 Å². The second kappa shape index (κ2) is 5.61. The highest BCUT2D eigenvalue weighted by atomic mass is 16.2. The van der Waals surface area contributed by atoms with Gasteiger partial charge in [-0.15, -0.1) is 0 Å². The second-order valence-corrected chi connectivity index (χ2v) is 4.33. The molecule has 0 N–H and O–H groups in total. The molecule has 0 saturated carbocycles. The Bertz CT molecular complexity index is 561. The van der Waals surface area contributed by atoms with E-state index in [1.165, 1.54) is 0 Å². The van der Waals surface area contributed by atoms with Crippen LogP contribution in [0.3, 0.4) is 0 Å². The highest BCUT2D eigenvalue weighted by Crippen LogP contribution is 2.16. The van der Waals surface area contributed by atoms with E-state index in [1.54, 1.807) is 17.9 Å². The number of nitrogens with zero attached hydrogens (tertiary/aromatic N) is 3. The standard InChI is InChI=1S/C15H17N3O/c1-4-18(13-8-6-5-7-9-13)15(19)14-10-11(2)16-12(3)17-14/h5-10H,4H2,1-3H3. The average Bonchev–Trinajstić information content (AvgIpc) is 2.39. The molecular weight excluding hydrogens is 238 g/mol. The van der Waals surface area contributed by atoms with Crippen molar-refractivity contribution < 1.29 is 4.79 Å². The summed E-state index contributed by atoms with van der Waals surface area (Å²) in [5, 5.41) is 0. The van der Waals surface area contributed by atoms with Gasteiger partial charge in [0.2, 0.25) is 0 Å². The molecule has 0 aliphatic rings. The van der Waals surface area contributed by atoms with Crippen LogP contribution in [0.2, 0.25) is 0 Å². The van der Waals surface area contributed by atoms with Crippen LogP contribution in [-0.2, 0) is 0 Å². The SMILES string of the molecule is CCN(C(=O)c1cc(C)nc(C)n1)c1ccccc1. The molecule has 1 amide bonds. The van der Waals surface area contributed by atoms with Gasteiger partial charge in [-0.1, -0.05) is 18.2 Å². The third kappa shape index (κ3) is 2.96. The van der Waals surface area contributed by atoms with Crippen molar-refractivity contribution in [1.82, 2.24) is 9.97 Å². The first kappa shape index (κ1) is 13.2. The molecule has 1 heterocycles. The molecule has 0 bridgehead atoms. The van der Waals surface area contributed by atoms with Gasteiger partial charge < -0.3 is 4.90 Å². The largest absolute Gasteiger partial charge is 0.307 e. The van der Waals surface area contributed by atoms with Crippen LogP contribution >= 0.6 is 0 Å². The van der Waals surface area contributed by atoms with E-state index in [-0.39, 0.29) is 5.91 Å². The number of carbonyl (C=O) groups is 1. The van der Waals surface area contributed by atoms with Gasteiger partial charge >= 0.3 is 0 Å². The van der Waals surface area contributed by atoms with Gasteiger partial charge in [-0.2, -0.15) is 0 Å².